The number of aryl methyl sites for hydroxylation is 1. The zero-order valence-corrected chi connectivity index (χ0v) is 9.69. The van der Waals surface area contributed by atoms with Gasteiger partial charge in [0.1, 0.15) is 5.82 Å². The second-order valence-electron chi connectivity index (χ2n) is 4.42. The highest BCUT2D eigenvalue weighted by Gasteiger charge is 2.22. The van der Waals surface area contributed by atoms with Crippen molar-refractivity contribution < 1.29 is 5.11 Å². The molecular formula is C12H19N3O. The van der Waals surface area contributed by atoms with Crippen LogP contribution in [0.2, 0.25) is 0 Å². The van der Waals surface area contributed by atoms with Crippen molar-refractivity contribution in [1.29, 1.82) is 0 Å². The van der Waals surface area contributed by atoms with Gasteiger partial charge in [-0.2, -0.15) is 0 Å². The van der Waals surface area contributed by atoms with Crippen molar-refractivity contribution in [2.45, 2.75) is 32.2 Å². The molecule has 1 unspecified atom stereocenters. The molecule has 0 aromatic carbocycles. The highest BCUT2D eigenvalue weighted by Crippen LogP contribution is 2.25. The molecule has 16 heavy (non-hydrogen) atoms. The van der Waals surface area contributed by atoms with Crippen LogP contribution < -0.4 is 10.6 Å². The van der Waals surface area contributed by atoms with E-state index in [4.69, 9.17) is 5.73 Å². The second-order valence-corrected chi connectivity index (χ2v) is 4.42. The number of nitrogens with two attached hydrogens (primary N) is 1. The number of pyridine rings is 1. The molecule has 0 spiro atoms. The van der Waals surface area contributed by atoms with Crippen molar-refractivity contribution >= 4 is 11.5 Å². The number of nitrogens with zero attached hydrogens (tertiary/aromatic N) is 2. The highest BCUT2D eigenvalue weighted by molar-refractivity contribution is 5.55. The summed E-state index contributed by atoms with van der Waals surface area (Å²) >= 11 is 0. The van der Waals surface area contributed by atoms with Crippen molar-refractivity contribution in [3.8, 4) is 0 Å². The summed E-state index contributed by atoms with van der Waals surface area (Å²) in [6.45, 7) is 3.10. The molecule has 1 fully saturated rings. The minimum Gasteiger partial charge on any atom is -0.398 e. The Morgan fingerprint density at radius 1 is 1.56 bits per heavy atom. The van der Waals surface area contributed by atoms with Crippen LogP contribution in [-0.4, -0.2) is 29.3 Å². The Hall–Kier alpha value is -1.29. The van der Waals surface area contributed by atoms with Crippen molar-refractivity contribution in [3.63, 3.8) is 0 Å². The molecule has 3 N–H and O–H groups in total. The largest absolute Gasteiger partial charge is 0.398 e. The fourth-order valence-corrected chi connectivity index (χ4v) is 2.18. The lowest BCUT2D eigenvalue weighted by atomic mass is 10.0. The highest BCUT2D eigenvalue weighted by atomic mass is 16.3. The number of aliphatic hydroxyl groups excluding tert-OH is 1. The van der Waals surface area contributed by atoms with E-state index in [1.165, 1.54) is 6.42 Å². The number of piperidine rings is 1. The topological polar surface area (TPSA) is 62.4 Å². The van der Waals surface area contributed by atoms with E-state index >= 15 is 0 Å². The molecule has 2 heterocycles. The maximum Gasteiger partial charge on any atom is 0.130 e. The first-order chi connectivity index (χ1) is 7.72. The normalized spacial score (nSPS) is 21.1. The molecule has 1 aromatic heterocycles. The number of hydrogen-bond acceptors (Lipinski definition) is 4. The lowest BCUT2D eigenvalue weighted by Crippen LogP contribution is -2.42. The van der Waals surface area contributed by atoms with E-state index in [2.05, 4.69) is 9.88 Å². The zero-order chi connectivity index (χ0) is 11.5. The van der Waals surface area contributed by atoms with Gasteiger partial charge < -0.3 is 15.7 Å². The summed E-state index contributed by atoms with van der Waals surface area (Å²) in [5, 5.41) is 9.35. The average molecular weight is 221 g/mol. The second kappa shape index (κ2) is 4.70. The van der Waals surface area contributed by atoms with Crippen molar-refractivity contribution in [1.82, 2.24) is 4.98 Å². The molecule has 0 saturated carbocycles. The summed E-state index contributed by atoms with van der Waals surface area (Å²) in [5.74, 6) is 0.891. The van der Waals surface area contributed by atoms with Gasteiger partial charge in [0.25, 0.3) is 0 Å². The van der Waals surface area contributed by atoms with E-state index in [1.54, 1.807) is 6.20 Å². The summed E-state index contributed by atoms with van der Waals surface area (Å²) in [7, 11) is 0. The van der Waals surface area contributed by atoms with Gasteiger partial charge in [0, 0.05) is 24.5 Å². The number of rotatable bonds is 2. The number of aromatic nitrogens is 1. The fourth-order valence-electron chi connectivity index (χ4n) is 2.18. The van der Waals surface area contributed by atoms with E-state index in [-0.39, 0.29) is 12.6 Å². The smallest absolute Gasteiger partial charge is 0.130 e. The lowest BCUT2D eigenvalue weighted by molar-refractivity contribution is 0.239. The first-order valence-electron chi connectivity index (χ1n) is 5.82. The first kappa shape index (κ1) is 11.2. The van der Waals surface area contributed by atoms with Gasteiger partial charge in [-0.3, -0.25) is 0 Å². The predicted octanol–water partition coefficient (Wildman–Crippen LogP) is 1.32. The summed E-state index contributed by atoms with van der Waals surface area (Å²) in [5.41, 5.74) is 7.66. The van der Waals surface area contributed by atoms with Crippen LogP contribution in [0.25, 0.3) is 0 Å². The van der Waals surface area contributed by atoms with Gasteiger partial charge in [-0.15, -0.1) is 0 Å². The minimum absolute atomic E-state index is 0.190. The van der Waals surface area contributed by atoms with Crippen molar-refractivity contribution in [2.24, 2.45) is 0 Å². The van der Waals surface area contributed by atoms with Gasteiger partial charge in [0.2, 0.25) is 0 Å². The van der Waals surface area contributed by atoms with E-state index in [0.717, 1.165) is 36.5 Å². The van der Waals surface area contributed by atoms with Crippen LogP contribution in [0.4, 0.5) is 11.5 Å². The maximum absolute atomic E-state index is 9.35. The van der Waals surface area contributed by atoms with Gasteiger partial charge in [-0.25, -0.2) is 4.98 Å². The Labute approximate surface area is 96.1 Å². The van der Waals surface area contributed by atoms with E-state index in [0.29, 0.717) is 0 Å². The third-order valence-electron chi connectivity index (χ3n) is 3.26. The quantitative estimate of drug-likeness (QED) is 0.790. The van der Waals surface area contributed by atoms with Gasteiger partial charge in [-0.1, -0.05) is 0 Å². The Balaban J connectivity index is 2.23. The molecule has 1 saturated heterocycles. The number of aliphatic hydroxyl groups is 1. The monoisotopic (exact) mass is 221 g/mol. The van der Waals surface area contributed by atoms with Crippen LogP contribution in [0.5, 0.6) is 0 Å². The van der Waals surface area contributed by atoms with Crippen LogP contribution in [0.1, 0.15) is 24.8 Å². The lowest BCUT2D eigenvalue weighted by Gasteiger charge is -2.35. The molecule has 1 aromatic rings. The molecule has 2 rings (SSSR count). The average Bonchev–Trinajstić information content (AvgIpc) is 2.32. The summed E-state index contributed by atoms with van der Waals surface area (Å²) in [6, 6.07) is 2.10. The summed E-state index contributed by atoms with van der Waals surface area (Å²) in [6.07, 6.45) is 5.18. The SMILES string of the molecule is Cc1cnc(N2CCCCC2CO)cc1N. The van der Waals surface area contributed by atoms with E-state index in [1.807, 2.05) is 13.0 Å². The van der Waals surface area contributed by atoms with Crippen molar-refractivity contribution in [3.05, 3.63) is 17.8 Å². The standard InChI is InChI=1S/C12H19N3O/c1-9-7-14-12(6-11(9)13)15-5-3-2-4-10(15)8-16/h6-7,10,16H,2-5,8H2,1H3,(H2,13,14). The van der Waals surface area contributed by atoms with Crippen LogP contribution >= 0.6 is 0 Å². The van der Waals surface area contributed by atoms with Crippen LogP contribution in [0, 0.1) is 6.92 Å². The van der Waals surface area contributed by atoms with Gasteiger partial charge in [0.05, 0.1) is 12.6 Å². The predicted molar refractivity (Wildman–Crippen MR) is 65.5 cm³/mol. The molecule has 0 radical (unpaired) electrons. The first-order valence-corrected chi connectivity index (χ1v) is 5.82. The molecule has 4 heteroatoms. The molecule has 1 aliphatic heterocycles. The molecule has 88 valence electrons. The molecule has 0 amide bonds. The van der Waals surface area contributed by atoms with Gasteiger partial charge in [-0.05, 0) is 31.7 Å². The molecule has 1 atom stereocenters. The number of anilines is 2. The Morgan fingerprint density at radius 2 is 2.38 bits per heavy atom. The van der Waals surface area contributed by atoms with E-state index in [9.17, 15) is 5.11 Å². The molecular weight excluding hydrogens is 202 g/mol. The number of hydrogen-bond donors (Lipinski definition) is 2. The number of nitrogen functional groups attached to an aromatic ring is 1. The third kappa shape index (κ3) is 2.11. The Bertz CT molecular complexity index is 367. The van der Waals surface area contributed by atoms with Crippen LogP contribution in [0.15, 0.2) is 12.3 Å². The third-order valence-corrected chi connectivity index (χ3v) is 3.26. The van der Waals surface area contributed by atoms with Gasteiger partial charge in [0.15, 0.2) is 0 Å². The molecule has 4 nitrogen and oxygen atoms in total. The summed E-state index contributed by atoms with van der Waals surface area (Å²) < 4.78 is 0. The Kier molecular flexibility index (Phi) is 3.29. The molecule has 0 aliphatic carbocycles. The fraction of sp³-hybridized carbons (Fsp3) is 0.583. The maximum atomic E-state index is 9.35. The van der Waals surface area contributed by atoms with Crippen molar-refractivity contribution in [2.75, 3.05) is 23.8 Å². The molecule has 1 aliphatic rings. The zero-order valence-electron chi connectivity index (χ0n) is 9.69. The molecule has 0 bridgehead atoms. The summed E-state index contributed by atoms with van der Waals surface area (Å²) in [4.78, 5) is 6.56. The minimum atomic E-state index is 0.190. The van der Waals surface area contributed by atoms with Crippen LogP contribution in [0.3, 0.4) is 0 Å². The Morgan fingerprint density at radius 3 is 3.06 bits per heavy atom. The van der Waals surface area contributed by atoms with Crippen LogP contribution in [-0.2, 0) is 0 Å². The van der Waals surface area contributed by atoms with E-state index < -0.39 is 0 Å². The van der Waals surface area contributed by atoms with Gasteiger partial charge >= 0.3 is 0 Å².